The summed E-state index contributed by atoms with van der Waals surface area (Å²) >= 11 is 0. The number of alkyl halides is 3. The second-order valence-corrected chi connectivity index (χ2v) is 5.91. The first-order chi connectivity index (χ1) is 11.8. The van der Waals surface area contributed by atoms with Crippen LogP contribution in [0.3, 0.4) is 0 Å². The molecule has 6 heteroatoms. The molecular formula is C19H21F3N2O. The molecule has 0 radical (unpaired) electrons. The van der Waals surface area contributed by atoms with Gasteiger partial charge in [0.25, 0.3) is 5.91 Å². The summed E-state index contributed by atoms with van der Waals surface area (Å²) in [6, 6.07) is 13.9. The lowest BCUT2D eigenvalue weighted by molar-refractivity contribution is -0.137. The van der Waals surface area contributed by atoms with Crippen molar-refractivity contribution < 1.29 is 18.0 Å². The molecule has 0 aliphatic rings. The average Bonchev–Trinajstić information content (AvgIpc) is 2.60. The number of hydrogen-bond acceptors (Lipinski definition) is 2. The zero-order valence-electron chi connectivity index (χ0n) is 14.0. The Kier molecular flexibility index (Phi) is 6.20. The van der Waals surface area contributed by atoms with Gasteiger partial charge in [0, 0.05) is 18.7 Å². The van der Waals surface area contributed by atoms with Crippen molar-refractivity contribution >= 4 is 5.91 Å². The average molecular weight is 350 g/mol. The molecule has 0 spiro atoms. The van der Waals surface area contributed by atoms with Crippen LogP contribution < -0.4 is 5.73 Å². The standard InChI is InChI=1S/C19H21F3N2O/c1-24(17(11-12-23)13-14-5-3-2-4-6-14)18(25)15-7-9-16(10-8-15)19(20,21)22/h2-10,17H,11-13,23H2,1H3. The normalized spacial score (nSPS) is 12.7. The van der Waals surface area contributed by atoms with E-state index in [2.05, 4.69) is 0 Å². The molecule has 1 amide bonds. The molecular weight excluding hydrogens is 329 g/mol. The first-order valence-corrected chi connectivity index (χ1v) is 8.01. The van der Waals surface area contributed by atoms with Gasteiger partial charge in [0.2, 0.25) is 0 Å². The van der Waals surface area contributed by atoms with E-state index in [1.54, 1.807) is 11.9 Å². The summed E-state index contributed by atoms with van der Waals surface area (Å²) in [5, 5.41) is 0. The van der Waals surface area contributed by atoms with Crippen molar-refractivity contribution in [3.8, 4) is 0 Å². The minimum atomic E-state index is -4.41. The number of likely N-dealkylation sites (N-methyl/N-ethyl adjacent to an activating group) is 1. The summed E-state index contributed by atoms with van der Waals surface area (Å²) in [7, 11) is 1.66. The first-order valence-electron chi connectivity index (χ1n) is 8.01. The number of halogens is 3. The van der Waals surface area contributed by atoms with Crippen LogP contribution in [0.5, 0.6) is 0 Å². The molecule has 0 bridgehead atoms. The molecule has 0 aromatic heterocycles. The van der Waals surface area contributed by atoms with Crippen molar-refractivity contribution in [2.24, 2.45) is 5.73 Å². The second kappa shape index (κ2) is 8.16. The minimum Gasteiger partial charge on any atom is -0.338 e. The van der Waals surface area contributed by atoms with Crippen molar-refractivity contribution in [2.45, 2.75) is 25.1 Å². The van der Waals surface area contributed by atoms with Crippen molar-refractivity contribution in [1.29, 1.82) is 0 Å². The monoisotopic (exact) mass is 350 g/mol. The fourth-order valence-electron chi connectivity index (χ4n) is 2.68. The topological polar surface area (TPSA) is 46.3 Å². The van der Waals surface area contributed by atoms with Gasteiger partial charge in [0.05, 0.1) is 5.56 Å². The van der Waals surface area contributed by atoms with E-state index in [-0.39, 0.29) is 17.5 Å². The van der Waals surface area contributed by atoms with Crippen LogP contribution in [0.25, 0.3) is 0 Å². The van der Waals surface area contributed by atoms with Crippen LogP contribution in [0.4, 0.5) is 13.2 Å². The molecule has 2 aromatic rings. The SMILES string of the molecule is CN(C(=O)c1ccc(C(F)(F)F)cc1)C(CCN)Cc1ccccc1. The van der Waals surface area contributed by atoms with E-state index in [4.69, 9.17) is 5.73 Å². The van der Waals surface area contributed by atoms with E-state index in [0.29, 0.717) is 19.4 Å². The van der Waals surface area contributed by atoms with Crippen molar-refractivity contribution in [3.05, 3.63) is 71.3 Å². The number of carbonyl (C=O) groups excluding carboxylic acids is 1. The Morgan fingerprint density at radius 3 is 2.20 bits per heavy atom. The number of carbonyl (C=O) groups is 1. The fourth-order valence-corrected chi connectivity index (χ4v) is 2.68. The largest absolute Gasteiger partial charge is 0.416 e. The lowest BCUT2D eigenvalue weighted by atomic mass is 10.0. The van der Waals surface area contributed by atoms with E-state index in [1.807, 2.05) is 30.3 Å². The third-order valence-corrected chi connectivity index (χ3v) is 4.14. The summed E-state index contributed by atoms with van der Waals surface area (Å²) < 4.78 is 37.9. The van der Waals surface area contributed by atoms with Crippen LogP contribution in [0.1, 0.15) is 27.9 Å². The maximum atomic E-state index is 12.6. The molecule has 2 rings (SSSR count). The van der Waals surface area contributed by atoms with E-state index < -0.39 is 11.7 Å². The lowest BCUT2D eigenvalue weighted by Gasteiger charge is -2.28. The summed E-state index contributed by atoms with van der Waals surface area (Å²) in [6.45, 7) is 0.419. The maximum absolute atomic E-state index is 12.6. The van der Waals surface area contributed by atoms with Gasteiger partial charge in [0.1, 0.15) is 0 Å². The molecule has 0 aliphatic carbocycles. The van der Waals surface area contributed by atoms with Crippen LogP contribution in [0.15, 0.2) is 54.6 Å². The van der Waals surface area contributed by atoms with Gasteiger partial charge in [-0.1, -0.05) is 30.3 Å². The summed E-state index contributed by atoms with van der Waals surface area (Å²) in [6.07, 6.45) is -3.17. The number of benzene rings is 2. The van der Waals surface area contributed by atoms with Gasteiger partial charge in [-0.25, -0.2) is 0 Å². The predicted octanol–water partition coefficient (Wildman–Crippen LogP) is 3.74. The highest BCUT2D eigenvalue weighted by molar-refractivity contribution is 5.94. The Labute approximate surface area is 145 Å². The van der Waals surface area contributed by atoms with E-state index in [0.717, 1.165) is 17.7 Å². The van der Waals surface area contributed by atoms with Gasteiger partial charge in [-0.2, -0.15) is 13.2 Å². The van der Waals surface area contributed by atoms with Gasteiger partial charge in [-0.3, -0.25) is 4.79 Å². The van der Waals surface area contributed by atoms with Crippen LogP contribution >= 0.6 is 0 Å². The molecule has 3 nitrogen and oxygen atoms in total. The smallest absolute Gasteiger partial charge is 0.338 e. The molecule has 0 saturated heterocycles. The van der Waals surface area contributed by atoms with E-state index >= 15 is 0 Å². The van der Waals surface area contributed by atoms with Gasteiger partial charge >= 0.3 is 6.18 Å². The van der Waals surface area contributed by atoms with Crippen LogP contribution in [0.2, 0.25) is 0 Å². The molecule has 2 aromatic carbocycles. The zero-order chi connectivity index (χ0) is 18.4. The minimum absolute atomic E-state index is 0.123. The van der Waals surface area contributed by atoms with E-state index in [9.17, 15) is 18.0 Å². The first kappa shape index (κ1) is 19.0. The summed E-state index contributed by atoms with van der Waals surface area (Å²) in [5.41, 5.74) is 6.20. The molecule has 0 heterocycles. The van der Waals surface area contributed by atoms with Gasteiger partial charge < -0.3 is 10.6 Å². The Balaban J connectivity index is 2.14. The van der Waals surface area contributed by atoms with Crippen molar-refractivity contribution in [3.63, 3.8) is 0 Å². The molecule has 1 unspecified atom stereocenters. The second-order valence-electron chi connectivity index (χ2n) is 5.91. The zero-order valence-corrected chi connectivity index (χ0v) is 14.0. The third kappa shape index (κ3) is 5.06. The van der Waals surface area contributed by atoms with Crippen molar-refractivity contribution in [2.75, 3.05) is 13.6 Å². The molecule has 1 atom stereocenters. The maximum Gasteiger partial charge on any atom is 0.416 e. The molecule has 0 aliphatic heterocycles. The molecule has 134 valence electrons. The number of nitrogens with two attached hydrogens (primary N) is 1. The van der Waals surface area contributed by atoms with Gasteiger partial charge in [-0.05, 0) is 49.2 Å². The highest BCUT2D eigenvalue weighted by Gasteiger charge is 2.30. The van der Waals surface area contributed by atoms with Crippen LogP contribution in [-0.2, 0) is 12.6 Å². The van der Waals surface area contributed by atoms with Gasteiger partial charge in [-0.15, -0.1) is 0 Å². The quantitative estimate of drug-likeness (QED) is 0.863. The van der Waals surface area contributed by atoms with Crippen LogP contribution in [0, 0.1) is 0 Å². The Hall–Kier alpha value is -2.34. The number of nitrogens with zero attached hydrogens (tertiary/aromatic N) is 1. The Bertz CT molecular complexity index is 684. The molecule has 2 N–H and O–H groups in total. The fraction of sp³-hybridized carbons (Fsp3) is 0.316. The Morgan fingerprint density at radius 1 is 1.08 bits per heavy atom. The number of rotatable bonds is 6. The predicted molar refractivity (Wildman–Crippen MR) is 91.1 cm³/mol. The molecule has 0 fully saturated rings. The van der Waals surface area contributed by atoms with Gasteiger partial charge in [0.15, 0.2) is 0 Å². The third-order valence-electron chi connectivity index (χ3n) is 4.14. The lowest BCUT2D eigenvalue weighted by Crippen LogP contribution is -2.39. The van der Waals surface area contributed by atoms with Crippen LogP contribution in [-0.4, -0.2) is 30.4 Å². The van der Waals surface area contributed by atoms with Crippen molar-refractivity contribution in [1.82, 2.24) is 4.90 Å². The molecule has 0 saturated carbocycles. The van der Waals surface area contributed by atoms with E-state index in [1.165, 1.54) is 12.1 Å². The highest BCUT2D eigenvalue weighted by Crippen LogP contribution is 2.29. The number of amides is 1. The summed E-state index contributed by atoms with van der Waals surface area (Å²) in [4.78, 5) is 14.2. The Morgan fingerprint density at radius 2 is 1.68 bits per heavy atom. The number of hydrogen-bond donors (Lipinski definition) is 1. The molecule has 25 heavy (non-hydrogen) atoms. The highest BCUT2D eigenvalue weighted by atomic mass is 19.4. The summed E-state index contributed by atoms with van der Waals surface area (Å²) in [5.74, 6) is -0.317.